The fraction of sp³-hybridized carbons (Fsp3) is 0.0682. The molecule has 1 atom stereocenters. The number of hydrogen-bond donors (Lipinski definition) is 1. The van der Waals surface area contributed by atoms with Gasteiger partial charge < -0.3 is 14.3 Å². The van der Waals surface area contributed by atoms with Gasteiger partial charge in [-0.3, -0.25) is 0 Å². The van der Waals surface area contributed by atoms with Crippen LogP contribution in [0.25, 0.3) is 71.6 Å². The number of allylic oxidation sites excluding steroid dienone is 4. The van der Waals surface area contributed by atoms with Gasteiger partial charge >= 0.3 is 0 Å². The molecule has 0 amide bonds. The fourth-order valence-electron chi connectivity index (χ4n) is 8.35. The third-order valence-corrected chi connectivity index (χ3v) is 10.4. The SMILES string of the molecule is C1=CC(c2ccc3c(c2-c2ccccc2)NC2C(=N3)c3cc(-c4cccc5oc6ccccc6c45)cc4c5ccccc5n2c34)=CCC1. The summed E-state index contributed by atoms with van der Waals surface area (Å²) in [6.45, 7) is 0. The summed E-state index contributed by atoms with van der Waals surface area (Å²) in [5, 5.41) is 8.85. The van der Waals surface area contributed by atoms with Crippen LogP contribution in [-0.2, 0) is 0 Å². The molecule has 8 aromatic rings. The van der Waals surface area contributed by atoms with Gasteiger partial charge in [-0.05, 0) is 77.1 Å². The number of fused-ring (bicyclic) bond motifs is 10. The molecule has 1 N–H and O–H groups in total. The first-order valence-electron chi connectivity index (χ1n) is 16.7. The van der Waals surface area contributed by atoms with Gasteiger partial charge in [-0.2, -0.15) is 0 Å². The lowest BCUT2D eigenvalue weighted by Gasteiger charge is -2.29. The first-order valence-corrected chi connectivity index (χ1v) is 16.7. The summed E-state index contributed by atoms with van der Waals surface area (Å²) in [5.74, 6) is 0. The summed E-state index contributed by atoms with van der Waals surface area (Å²) >= 11 is 0. The minimum absolute atomic E-state index is 0.135. The average molecular weight is 616 g/mol. The maximum absolute atomic E-state index is 6.30. The van der Waals surface area contributed by atoms with E-state index in [0.29, 0.717) is 0 Å². The standard InChI is InChI=1S/C44H29N3O/c1-3-12-26(13-4-1)30-22-23-35-42(39(30)27-14-5-2-6-15-27)46-44-41(45-35)34-25-28(24-33-31-16-7-9-19-36(31)47(44)43(33)34)29-18-11-21-38-40(29)32-17-8-10-20-37(32)48-38/h2-3,5-25,44,46H,1,4H2. The van der Waals surface area contributed by atoms with Gasteiger partial charge in [-0.15, -0.1) is 0 Å². The number of benzene rings is 6. The van der Waals surface area contributed by atoms with Crippen molar-refractivity contribution >= 4 is 66.4 Å². The topological polar surface area (TPSA) is 42.5 Å². The van der Waals surface area contributed by atoms with E-state index in [0.717, 1.165) is 51.9 Å². The molecule has 4 heteroatoms. The van der Waals surface area contributed by atoms with Crippen LogP contribution in [0.3, 0.4) is 0 Å². The highest BCUT2D eigenvalue weighted by Gasteiger charge is 2.37. The summed E-state index contributed by atoms with van der Waals surface area (Å²) < 4.78 is 8.78. The van der Waals surface area contributed by atoms with E-state index in [4.69, 9.17) is 9.41 Å². The van der Waals surface area contributed by atoms with E-state index in [-0.39, 0.29) is 6.17 Å². The predicted octanol–water partition coefficient (Wildman–Crippen LogP) is 11.8. The first kappa shape index (κ1) is 26.0. The van der Waals surface area contributed by atoms with Crippen molar-refractivity contribution in [3.63, 3.8) is 0 Å². The third kappa shape index (κ3) is 3.52. The van der Waals surface area contributed by atoms with Crippen LogP contribution in [0.15, 0.2) is 149 Å². The number of furan rings is 1. The van der Waals surface area contributed by atoms with Crippen LogP contribution in [0.2, 0.25) is 0 Å². The van der Waals surface area contributed by atoms with Gasteiger partial charge in [0.2, 0.25) is 0 Å². The number of para-hydroxylation sites is 2. The number of anilines is 1. The molecule has 2 aromatic heterocycles. The highest BCUT2D eigenvalue weighted by molar-refractivity contribution is 6.26. The Morgan fingerprint density at radius 2 is 1.50 bits per heavy atom. The summed E-state index contributed by atoms with van der Waals surface area (Å²) in [4.78, 5) is 5.51. The minimum atomic E-state index is -0.135. The maximum atomic E-state index is 6.30. The molecule has 0 fully saturated rings. The molecule has 3 aliphatic rings. The van der Waals surface area contributed by atoms with Crippen LogP contribution < -0.4 is 5.32 Å². The van der Waals surface area contributed by atoms with Crippen molar-refractivity contribution in [2.24, 2.45) is 4.99 Å². The Morgan fingerprint density at radius 1 is 0.667 bits per heavy atom. The lowest BCUT2D eigenvalue weighted by Crippen LogP contribution is -2.25. The van der Waals surface area contributed by atoms with Crippen LogP contribution in [-0.4, -0.2) is 10.3 Å². The van der Waals surface area contributed by atoms with E-state index in [9.17, 15) is 0 Å². The van der Waals surface area contributed by atoms with E-state index >= 15 is 0 Å². The Morgan fingerprint density at radius 3 is 2.40 bits per heavy atom. The molecule has 6 aromatic carbocycles. The largest absolute Gasteiger partial charge is 0.456 e. The molecule has 48 heavy (non-hydrogen) atoms. The van der Waals surface area contributed by atoms with Crippen LogP contribution in [0.1, 0.15) is 30.1 Å². The highest BCUT2D eigenvalue weighted by atomic mass is 16.3. The Labute approximate surface area is 277 Å². The monoisotopic (exact) mass is 615 g/mol. The zero-order chi connectivity index (χ0) is 31.3. The average Bonchev–Trinajstić information content (AvgIpc) is 3.80. The lowest BCUT2D eigenvalue weighted by atomic mass is 9.89. The molecule has 4 nitrogen and oxygen atoms in total. The Bertz CT molecular complexity index is 2760. The van der Waals surface area contributed by atoms with Crippen molar-refractivity contribution < 1.29 is 4.42 Å². The predicted molar refractivity (Wildman–Crippen MR) is 199 cm³/mol. The second-order valence-electron chi connectivity index (χ2n) is 13.0. The molecule has 0 spiro atoms. The number of nitrogens with one attached hydrogen (secondary N) is 1. The van der Waals surface area contributed by atoms with Gasteiger partial charge in [-0.1, -0.05) is 103 Å². The van der Waals surface area contributed by atoms with Gasteiger partial charge in [0, 0.05) is 32.7 Å². The molecule has 4 heterocycles. The lowest BCUT2D eigenvalue weighted by molar-refractivity contribution is 0.669. The Hall–Kier alpha value is -6.13. The molecule has 0 bridgehead atoms. The Kier molecular flexibility index (Phi) is 5.25. The van der Waals surface area contributed by atoms with Gasteiger partial charge in [0.25, 0.3) is 0 Å². The molecule has 1 unspecified atom stereocenters. The van der Waals surface area contributed by atoms with E-state index < -0.39 is 0 Å². The molecular weight excluding hydrogens is 587 g/mol. The number of nitrogens with zero attached hydrogens (tertiary/aromatic N) is 2. The van der Waals surface area contributed by atoms with E-state index in [2.05, 4.69) is 143 Å². The summed E-state index contributed by atoms with van der Waals surface area (Å²) in [5.41, 5.74) is 15.8. The zero-order valence-corrected chi connectivity index (χ0v) is 26.1. The first-order chi connectivity index (χ1) is 23.8. The maximum Gasteiger partial charge on any atom is 0.148 e. The molecule has 11 rings (SSSR count). The Balaban J connectivity index is 1.19. The smallest absolute Gasteiger partial charge is 0.148 e. The molecule has 0 saturated heterocycles. The second-order valence-corrected chi connectivity index (χ2v) is 13.0. The summed E-state index contributed by atoms with van der Waals surface area (Å²) in [6, 6.07) is 43.5. The van der Waals surface area contributed by atoms with Crippen LogP contribution in [0.5, 0.6) is 0 Å². The summed E-state index contributed by atoms with van der Waals surface area (Å²) in [7, 11) is 0. The van der Waals surface area contributed by atoms with Gasteiger partial charge in [0.1, 0.15) is 17.3 Å². The van der Waals surface area contributed by atoms with Gasteiger partial charge in [0.05, 0.1) is 28.1 Å². The molecule has 226 valence electrons. The number of aromatic nitrogens is 1. The molecular formula is C44H29N3O. The van der Waals surface area contributed by atoms with Crippen molar-refractivity contribution in [3.05, 3.63) is 151 Å². The van der Waals surface area contributed by atoms with Gasteiger partial charge in [-0.25, -0.2) is 4.99 Å². The van der Waals surface area contributed by atoms with Crippen LogP contribution in [0.4, 0.5) is 11.4 Å². The van der Waals surface area contributed by atoms with E-state index in [1.165, 1.54) is 60.8 Å². The van der Waals surface area contributed by atoms with E-state index in [1.54, 1.807) is 0 Å². The van der Waals surface area contributed by atoms with Crippen molar-refractivity contribution in [2.45, 2.75) is 19.0 Å². The molecule has 0 saturated carbocycles. The number of rotatable bonds is 3. The highest BCUT2D eigenvalue weighted by Crippen LogP contribution is 2.51. The summed E-state index contributed by atoms with van der Waals surface area (Å²) in [6.07, 6.45) is 8.94. The normalized spacial score (nSPS) is 16.3. The number of aliphatic imine (C=N–C) groups is 1. The van der Waals surface area contributed by atoms with Gasteiger partial charge in [0.15, 0.2) is 0 Å². The zero-order valence-electron chi connectivity index (χ0n) is 26.1. The van der Waals surface area contributed by atoms with Crippen molar-refractivity contribution in [1.82, 2.24) is 4.57 Å². The quantitative estimate of drug-likeness (QED) is 0.215. The van der Waals surface area contributed by atoms with Crippen LogP contribution in [0, 0.1) is 0 Å². The minimum Gasteiger partial charge on any atom is -0.456 e. The second kappa shape index (κ2) is 9.69. The third-order valence-electron chi connectivity index (χ3n) is 10.4. The van der Waals surface area contributed by atoms with E-state index in [1.807, 2.05) is 6.07 Å². The van der Waals surface area contributed by atoms with Crippen LogP contribution >= 0.6 is 0 Å². The van der Waals surface area contributed by atoms with Crippen molar-refractivity contribution in [1.29, 1.82) is 0 Å². The number of hydrogen-bond acceptors (Lipinski definition) is 3. The fourth-order valence-corrected chi connectivity index (χ4v) is 8.35. The molecule has 0 radical (unpaired) electrons. The van der Waals surface area contributed by atoms with Crippen molar-refractivity contribution in [2.75, 3.05) is 5.32 Å². The molecule has 2 aliphatic heterocycles. The van der Waals surface area contributed by atoms with Crippen molar-refractivity contribution in [3.8, 4) is 22.3 Å². The molecule has 1 aliphatic carbocycles.